The van der Waals surface area contributed by atoms with Crippen LogP contribution in [0.5, 0.6) is 11.5 Å². The van der Waals surface area contributed by atoms with Crippen molar-refractivity contribution in [1.29, 1.82) is 0 Å². The van der Waals surface area contributed by atoms with Gasteiger partial charge in [-0.3, -0.25) is 9.20 Å². The Morgan fingerprint density at radius 2 is 1.66 bits per heavy atom. The number of rotatable bonds is 7. The van der Waals surface area contributed by atoms with Crippen LogP contribution in [0.15, 0.2) is 60.9 Å². The molecule has 0 saturated heterocycles. The van der Waals surface area contributed by atoms with Crippen LogP contribution >= 0.6 is 11.3 Å². The molecular formula is C22H21N3O3S. The highest BCUT2D eigenvalue weighted by molar-refractivity contribution is 7.20. The van der Waals surface area contributed by atoms with Gasteiger partial charge < -0.3 is 14.8 Å². The van der Waals surface area contributed by atoms with Crippen LogP contribution in [0.3, 0.4) is 0 Å². The molecule has 0 bridgehead atoms. The van der Waals surface area contributed by atoms with Gasteiger partial charge in [0.05, 0.1) is 19.1 Å². The van der Waals surface area contributed by atoms with Crippen LogP contribution in [-0.2, 0) is 6.42 Å². The highest BCUT2D eigenvalue weighted by atomic mass is 32.1. The molecule has 29 heavy (non-hydrogen) atoms. The first-order valence-corrected chi connectivity index (χ1v) is 10.0. The smallest absolute Gasteiger partial charge is 0.271 e. The predicted molar refractivity (Wildman–Crippen MR) is 114 cm³/mol. The Morgan fingerprint density at radius 1 is 1.00 bits per heavy atom. The second-order valence-corrected chi connectivity index (χ2v) is 7.50. The molecule has 4 aromatic rings. The maximum Gasteiger partial charge on any atom is 0.271 e. The van der Waals surface area contributed by atoms with Crippen molar-refractivity contribution >= 4 is 22.2 Å². The fourth-order valence-corrected chi connectivity index (χ4v) is 3.97. The lowest BCUT2D eigenvalue weighted by atomic mass is 10.1. The average molecular weight is 407 g/mol. The number of nitrogens with one attached hydrogen (secondary N) is 1. The van der Waals surface area contributed by atoms with Crippen molar-refractivity contribution in [3.8, 4) is 21.9 Å². The van der Waals surface area contributed by atoms with E-state index >= 15 is 0 Å². The number of benzene rings is 2. The number of aromatic nitrogens is 2. The molecule has 2 aromatic carbocycles. The number of methoxy groups -OCH3 is 2. The summed E-state index contributed by atoms with van der Waals surface area (Å²) < 4.78 is 12.2. The van der Waals surface area contributed by atoms with Gasteiger partial charge in [-0.2, -0.15) is 0 Å². The molecule has 148 valence electrons. The number of carbonyl (C=O) groups is 1. The molecule has 2 aromatic heterocycles. The summed E-state index contributed by atoms with van der Waals surface area (Å²) in [5.41, 5.74) is 2.65. The molecule has 0 aliphatic heterocycles. The summed E-state index contributed by atoms with van der Waals surface area (Å²) in [5.74, 6) is 1.48. The van der Waals surface area contributed by atoms with E-state index < -0.39 is 0 Å². The van der Waals surface area contributed by atoms with Gasteiger partial charge in [0, 0.05) is 18.9 Å². The largest absolute Gasteiger partial charge is 0.497 e. The molecule has 0 unspecified atom stereocenters. The number of ether oxygens (including phenoxy) is 2. The van der Waals surface area contributed by atoms with Crippen LogP contribution < -0.4 is 14.8 Å². The highest BCUT2D eigenvalue weighted by Crippen LogP contribution is 2.29. The maximum atomic E-state index is 12.4. The van der Waals surface area contributed by atoms with E-state index in [0.717, 1.165) is 38.9 Å². The quantitative estimate of drug-likeness (QED) is 0.502. The number of imidazole rings is 1. The molecule has 1 amide bonds. The molecule has 0 aliphatic carbocycles. The summed E-state index contributed by atoms with van der Waals surface area (Å²) >= 11 is 1.55. The molecular weight excluding hydrogens is 386 g/mol. The SMILES string of the molecule is COc1ccc(CCNC(=O)c2cn3cc(-c4ccc(OC)cc4)sc3n2)cc1. The van der Waals surface area contributed by atoms with E-state index in [1.54, 1.807) is 31.8 Å². The van der Waals surface area contributed by atoms with Crippen LogP contribution in [0.4, 0.5) is 0 Å². The summed E-state index contributed by atoms with van der Waals surface area (Å²) in [4.78, 5) is 18.8. The zero-order valence-corrected chi connectivity index (χ0v) is 17.0. The Kier molecular flexibility index (Phi) is 5.48. The average Bonchev–Trinajstić information content (AvgIpc) is 3.34. The number of nitrogens with zero attached hydrogens (tertiary/aromatic N) is 2. The second kappa shape index (κ2) is 8.36. The standard InChI is InChI=1S/C22H21N3O3S/c1-27-17-7-3-15(4-8-17)11-12-23-21(26)19-13-25-14-20(29-22(25)24-19)16-5-9-18(28-2)10-6-16/h3-10,13-14H,11-12H2,1-2H3,(H,23,26). The number of thiazole rings is 1. The van der Waals surface area contributed by atoms with Gasteiger partial charge in [-0.15, -0.1) is 0 Å². The van der Waals surface area contributed by atoms with Crippen molar-refractivity contribution in [3.63, 3.8) is 0 Å². The number of hydrogen-bond acceptors (Lipinski definition) is 5. The van der Waals surface area contributed by atoms with Crippen LogP contribution in [0.2, 0.25) is 0 Å². The number of fused-ring (bicyclic) bond motifs is 1. The van der Waals surface area contributed by atoms with Gasteiger partial charge in [-0.05, 0) is 53.9 Å². The maximum absolute atomic E-state index is 12.4. The van der Waals surface area contributed by atoms with Crippen molar-refractivity contribution in [2.75, 3.05) is 20.8 Å². The topological polar surface area (TPSA) is 64.9 Å². The molecule has 0 saturated carbocycles. The lowest BCUT2D eigenvalue weighted by Crippen LogP contribution is -2.25. The van der Waals surface area contributed by atoms with Crippen LogP contribution in [0.25, 0.3) is 15.4 Å². The molecule has 4 rings (SSSR count). The van der Waals surface area contributed by atoms with Crippen molar-refractivity contribution < 1.29 is 14.3 Å². The summed E-state index contributed by atoms with van der Waals surface area (Å²) in [6, 6.07) is 15.7. The van der Waals surface area contributed by atoms with Crippen molar-refractivity contribution in [2.24, 2.45) is 0 Å². The third kappa shape index (κ3) is 4.25. The zero-order chi connectivity index (χ0) is 20.2. The number of hydrogen-bond donors (Lipinski definition) is 1. The van der Waals surface area contributed by atoms with Crippen molar-refractivity contribution in [1.82, 2.24) is 14.7 Å². The van der Waals surface area contributed by atoms with E-state index in [0.29, 0.717) is 12.2 Å². The first-order valence-electron chi connectivity index (χ1n) is 9.20. The molecule has 6 nitrogen and oxygen atoms in total. The molecule has 0 aliphatic rings. The van der Waals surface area contributed by atoms with E-state index in [1.165, 1.54) is 0 Å². The fourth-order valence-electron chi connectivity index (χ4n) is 3.00. The lowest BCUT2D eigenvalue weighted by molar-refractivity contribution is 0.0950. The van der Waals surface area contributed by atoms with Crippen LogP contribution in [-0.4, -0.2) is 36.1 Å². The Morgan fingerprint density at radius 3 is 2.28 bits per heavy atom. The third-order valence-electron chi connectivity index (χ3n) is 4.62. The molecule has 7 heteroatoms. The van der Waals surface area contributed by atoms with Crippen LogP contribution in [0.1, 0.15) is 16.1 Å². The molecule has 0 atom stereocenters. The second-order valence-electron chi connectivity index (χ2n) is 6.49. The summed E-state index contributed by atoms with van der Waals surface area (Å²) in [6.45, 7) is 0.549. The number of carbonyl (C=O) groups excluding carboxylic acids is 1. The lowest BCUT2D eigenvalue weighted by Gasteiger charge is -2.05. The normalized spacial score (nSPS) is 10.8. The zero-order valence-electron chi connectivity index (χ0n) is 16.2. The van der Waals surface area contributed by atoms with E-state index in [4.69, 9.17) is 9.47 Å². The summed E-state index contributed by atoms with van der Waals surface area (Å²) in [5, 5.41) is 2.93. The van der Waals surface area contributed by atoms with Crippen molar-refractivity contribution in [2.45, 2.75) is 6.42 Å². The highest BCUT2D eigenvalue weighted by Gasteiger charge is 2.13. The number of amides is 1. The van der Waals surface area contributed by atoms with E-state index in [9.17, 15) is 4.79 Å². The fraction of sp³-hybridized carbons (Fsp3) is 0.182. The van der Waals surface area contributed by atoms with Gasteiger partial charge in [-0.1, -0.05) is 23.5 Å². The minimum Gasteiger partial charge on any atom is -0.497 e. The minimum atomic E-state index is -0.166. The first kappa shape index (κ1) is 19.0. The first-order chi connectivity index (χ1) is 14.2. The monoisotopic (exact) mass is 407 g/mol. The van der Waals surface area contributed by atoms with Crippen molar-refractivity contribution in [3.05, 3.63) is 72.2 Å². The Bertz CT molecular complexity index is 1080. The molecule has 0 fully saturated rings. The summed E-state index contributed by atoms with van der Waals surface area (Å²) in [7, 11) is 3.29. The van der Waals surface area contributed by atoms with E-state index in [-0.39, 0.29) is 5.91 Å². The van der Waals surface area contributed by atoms with Gasteiger partial charge in [0.25, 0.3) is 5.91 Å². The molecule has 0 radical (unpaired) electrons. The van der Waals surface area contributed by atoms with Gasteiger partial charge in [-0.25, -0.2) is 4.98 Å². The van der Waals surface area contributed by atoms with E-state index in [1.807, 2.05) is 59.1 Å². The molecule has 1 N–H and O–H groups in total. The Labute approximate surface area is 172 Å². The van der Waals surface area contributed by atoms with Crippen LogP contribution in [0, 0.1) is 0 Å². The molecule has 2 heterocycles. The Balaban J connectivity index is 1.38. The van der Waals surface area contributed by atoms with Gasteiger partial charge in [0.2, 0.25) is 0 Å². The van der Waals surface area contributed by atoms with Gasteiger partial charge in [0.1, 0.15) is 17.2 Å². The van der Waals surface area contributed by atoms with Gasteiger partial charge in [0.15, 0.2) is 4.96 Å². The third-order valence-corrected chi connectivity index (χ3v) is 5.67. The molecule has 0 spiro atoms. The Hall–Kier alpha value is -3.32. The summed E-state index contributed by atoms with van der Waals surface area (Å²) in [6.07, 6.45) is 4.50. The van der Waals surface area contributed by atoms with Gasteiger partial charge >= 0.3 is 0 Å². The minimum absolute atomic E-state index is 0.166. The van der Waals surface area contributed by atoms with E-state index in [2.05, 4.69) is 10.3 Å². The predicted octanol–water partition coefficient (Wildman–Crippen LogP) is 4.05.